The third-order valence-electron chi connectivity index (χ3n) is 2.92. The molecular formula is C14H15N3O3S. The molecule has 0 aliphatic heterocycles. The molecule has 0 saturated heterocycles. The molecule has 1 aromatic heterocycles. The minimum Gasteiger partial charge on any atom is -0.478 e. The second kappa shape index (κ2) is 6.45. The van der Waals surface area contributed by atoms with Crippen LogP contribution in [0.5, 0.6) is 0 Å². The lowest BCUT2D eigenvalue weighted by molar-refractivity contribution is 0.0696. The van der Waals surface area contributed by atoms with Gasteiger partial charge >= 0.3 is 5.97 Å². The van der Waals surface area contributed by atoms with Crippen LogP contribution in [0.4, 0.5) is 0 Å². The number of aromatic carboxylic acids is 1. The van der Waals surface area contributed by atoms with E-state index in [2.05, 4.69) is 14.9 Å². The molecule has 21 heavy (non-hydrogen) atoms. The summed E-state index contributed by atoms with van der Waals surface area (Å²) in [6.07, 6.45) is 0. The summed E-state index contributed by atoms with van der Waals surface area (Å²) < 4.78 is 3.82. The fraction of sp³-hybridized carbons (Fsp3) is 0.286. The zero-order chi connectivity index (χ0) is 15.4. The van der Waals surface area contributed by atoms with Crippen molar-refractivity contribution in [2.24, 2.45) is 0 Å². The Morgan fingerprint density at radius 3 is 2.52 bits per heavy atom. The first-order valence-corrected chi connectivity index (χ1v) is 7.19. The molecule has 1 aromatic carbocycles. The summed E-state index contributed by atoms with van der Waals surface area (Å²) in [6, 6.07) is 6.38. The van der Waals surface area contributed by atoms with Crippen molar-refractivity contribution in [1.82, 2.24) is 14.9 Å². The minimum absolute atomic E-state index is 0.138. The molecule has 0 saturated carbocycles. The molecule has 110 valence electrons. The van der Waals surface area contributed by atoms with Gasteiger partial charge in [-0.3, -0.25) is 4.79 Å². The summed E-state index contributed by atoms with van der Waals surface area (Å²) in [6.45, 7) is 4.24. The average molecular weight is 305 g/mol. The van der Waals surface area contributed by atoms with Crippen molar-refractivity contribution in [2.75, 3.05) is 0 Å². The lowest BCUT2D eigenvalue weighted by atomic mass is 10.1. The molecule has 0 spiro atoms. The number of carboxylic acid groups (broad SMARTS) is 1. The van der Waals surface area contributed by atoms with E-state index in [0.29, 0.717) is 17.1 Å². The SMILES string of the molecule is CC(C)c1nnsc1C(=O)NCc1ccc(C(=O)O)cc1. The highest BCUT2D eigenvalue weighted by molar-refractivity contribution is 7.08. The van der Waals surface area contributed by atoms with E-state index in [1.165, 1.54) is 12.1 Å². The molecule has 0 aliphatic carbocycles. The summed E-state index contributed by atoms with van der Waals surface area (Å²) >= 11 is 1.08. The van der Waals surface area contributed by atoms with E-state index in [4.69, 9.17) is 5.11 Å². The Hall–Kier alpha value is -2.28. The second-order valence-electron chi connectivity index (χ2n) is 4.83. The van der Waals surface area contributed by atoms with E-state index in [0.717, 1.165) is 17.1 Å². The first-order valence-electron chi connectivity index (χ1n) is 6.41. The Balaban J connectivity index is 2.00. The topological polar surface area (TPSA) is 92.2 Å². The minimum atomic E-state index is -0.970. The Morgan fingerprint density at radius 2 is 1.95 bits per heavy atom. The lowest BCUT2D eigenvalue weighted by Crippen LogP contribution is -2.23. The van der Waals surface area contributed by atoms with E-state index in [1.54, 1.807) is 12.1 Å². The number of carboxylic acids is 1. The molecule has 0 unspecified atom stereocenters. The van der Waals surface area contributed by atoms with Gasteiger partial charge in [-0.2, -0.15) is 0 Å². The van der Waals surface area contributed by atoms with Gasteiger partial charge in [-0.05, 0) is 35.1 Å². The van der Waals surface area contributed by atoms with Gasteiger partial charge in [0.1, 0.15) is 4.88 Å². The number of hydrogen-bond donors (Lipinski definition) is 2. The Bertz CT molecular complexity index is 650. The highest BCUT2D eigenvalue weighted by atomic mass is 32.1. The fourth-order valence-corrected chi connectivity index (χ4v) is 2.50. The van der Waals surface area contributed by atoms with Crippen molar-refractivity contribution in [2.45, 2.75) is 26.3 Å². The summed E-state index contributed by atoms with van der Waals surface area (Å²) in [5.74, 6) is -1.04. The van der Waals surface area contributed by atoms with Gasteiger partial charge in [0.2, 0.25) is 0 Å². The van der Waals surface area contributed by atoms with Crippen molar-refractivity contribution in [3.8, 4) is 0 Å². The highest BCUT2D eigenvalue weighted by Gasteiger charge is 2.18. The Labute approximate surface area is 126 Å². The molecule has 2 N–H and O–H groups in total. The van der Waals surface area contributed by atoms with Crippen LogP contribution in [0.15, 0.2) is 24.3 Å². The molecule has 7 heteroatoms. The fourth-order valence-electron chi connectivity index (χ4n) is 1.76. The predicted molar refractivity (Wildman–Crippen MR) is 78.6 cm³/mol. The van der Waals surface area contributed by atoms with Crippen molar-refractivity contribution < 1.29 is 14.7 Å². The molecule has 0 atom stereocenters. The van der Waals surface area contributed by atoms with Crippen molar-refractivity contribution >= 4 is 23.4 Å². The average Bonchev–Trinajstić information content (AvgIpc) is 2.95. The molecule has 0 fully saturated rings. The number of carbonyl (C=O) groups is 2. The van der Waals surface area contributed by atoms with Crippen molar-refractivity contribution in [1.29, 1.82) is 0 Å². The standard InChI is InChI=1S/C14H15N3O3S/c1-8(2)11-12(21-17-16-11)13(18)15-7-9-3-5-10(6-4-9)14(19)20/h3-6,8H,7H2,1-2H3,(H,15,18)(H,19,20). The lowest BCUT2D eigenvalue weighted by Gasteiger charge is -2.06. The number of aromatic nitrogens is 2. The van der Waals surface area contributed by atoms with Crippen LogP contribution in [0.1, 0.15) is 51.1 Å². The molecule has 0 bridgehead atoms. The molecule has 2 aromatic rings. The Morgan fingerprint density at radius 1 is 1.29 bits per heavy atom. The van der Waals surface area contributed by atoms with E-state index in [-0.39, 0.29) is 17.4 Å². The van der Waals surface area contributed by atoms with E-state index in [1.807, 2.05) is 13.8 Å². The number of rotatable bonds is 5. The largest absolute Gasteiger partial charge is 0.478 e. The molecular weight excluding hydrogens is 290 g/mol. The van der Waals surface area contributed by atoms with Crippen LogP contribution in [0.25, 0.3) is 0 Å². The molecule has 0 radical (unpaired) electrons. The van der Waals surface area contributed by atoms with Gasteiger partial charge in [0.25, 0.3) is 5.91 Å². The summed E-state index contributed by atoms with van der Waals surface area (Å²) in [5.41, 5.74) is 1.74. The van der Waals surface area contributed by atoms with Gasteiger partial charge in [0.05, 0.1) is 11.3 Å². The first-order chi connectivity index (χ1) is 9.99. The van der Waals surface area contributed by atoms with Crippen LogP contribution < -0.4 is 5.32 Å². The van der Waals surface area contributed by atoms with Crippen LogP contribution in [-0.4, -0.2) is 26.6 Å². The van der Waals surface area contributed by atoms with Gasteiger partial charge in [-0.25, -0.2) is 4.79 Å². The number of nitrogens with zero attached hydrogens (tertiary/aromatic N) is 2. The third kappa shape index (κ3) is 3.63. The molecule has 1 heterocycles. The van der Waals surface area contributed by atoms with Gasteiger partial charge in [-0.15, -0.1) is 5.10 Å². The van der Waals surface area contributed by atoms with E-state index >= 15 is 0 Å². The normalized spacial score (nSPS) is 10.6. The maximum Gasteiger partial charge on any atom is 0.335 e. The Kier molecular flexibility index (Phi) is 4.64. The van der Waals surface area contributed by atoms with Crippen LogP contribution >= 0.6 is 11.5 Å². The number of nitrogens with one attached hydrogen (secondary N) is 1. The summed E-state index contributed by atoms with van der Waals surface area (Å²) in [5, 5.41) is 15.6. The number of benzene rings is 1. The van der Waals surface area contributed by atoms with Crippen LogP contribution in [0.3, 0.4) is 0 Å². The van der Waals surface area contributed by atoms with Crippen LogP contribution in [-0.2, 0) is 6.54 Å². The quantitative estimate of drug-likeness (QED) is 0.884. The van der Waals surface area contributed by atoms with Gasteiger partial charge in [0, 0.05) is 6.54 Å². The third-order valence-corrected chi connectivity index (χ3v) is 3.66. The first kappa shape index (κ1) is 15.1. The molecule has 6 nitrogen and oxygen atoms in total. The monoisotopic (exact) mass is 305 g/mol. The summed E-state index contributed by atoms with van der Waals surface area (Å²) in [4.78, 5) is 23.4. The van der Waals surface area contributed by atoms with E-state index in [9.17, 15) is 9.59 Å². The smallest absolute Gasteiger partial charge is 0.335 e. The molecule has 1 amide bonds. The van der Waals surface area contributed by atoms with Crippen molar-refractivity contribution in [3.05, 3.63) is 46.0 Å². The number of hydrogen-bond acceptors (Lipinski definition) is 5. The molecule has 0 aliphatic rings. The summed E-state index contributed by atoms with van der Waals surface area (Å²) in [7, 11) is 0. The predicted octanol–water partition coefficient (Wildman–Crippen LogP) is 2.29. The number of amides is 1. The van der Waals surface area contributed by atoms with Crippen molar-refractivity contribution in [3.63, 3.8) is 0 Å². The maximum absolute atomic E-state index is 12.1. The van der Waals surface area contributed by atoms with Gasteiger partial charge in [0.15, 0.2) is 0 Å². The van der Waals surface area contributed by atoms with Gasteiger partial charge in [-0.1, -0.05) is 30.5 Å². The number of carbonyl (C=O) groups excluding carboxylic acids is 1. The molecule has 2 rings (SSSR count). The van der Waals surface area contributed by atoms with Gasteiger partial charge < -0.3 is 10.4 Å². The zero-order valence-electron chi connectivity index (χ0n) is 11.7. The van der Waals surface area contributed by atoms with E-state index < -0.39 is 5.97 Å². The van der Waals surface area contributed by atoms with Crippen LogP contribution in [0.2, 0.25) is 0 Å². The maximum atomic E-state index is 12.1. The highest BCUT2D eigenvalue weighted by Crippen LogP contribution is 2.19. The van der Waals surface area contributed by atoms with Crippen LogP contribution in [0, 0.1) is 0 Å². The second-order valence-corrected chi connectivity index (χ2v) is 5.58. The zero-order valence-corrected chi connectivity index (χ0v) is 12.5.